The van der Waals surface area contributed by atoms with Crippen molar-refractivity contribution in [2.24, 2.45) is 0 Å². The molecule has 0 saturated carbocycles. The summed E-state index contributed by atoms with van der Waals surface area (Å²) in [5.74, 6) is -0.434. The van der Waals surface area contributed by atoms with Crippen molar-refractivity contribution in [2.45, 2.75) is 25.4 Å². The fourth-order valence-electron chi connectivity index (χ4n) is 1.52. The summed E-state index contributed by atoms with van der Waals surface area (Å²) in [5.41, 5.74) is 0.986. The Morgan fingerprint density at radius 1 is 1.53 bits per heavy atom. The monoisotopic (exact) mass is 208 g/mol. The summed E-state index contributed by atoms with van der Waals surface area (Å²) in [4.78, 5) is 22.2. The minimum atomic E-state index is -0.280. The first-order valence-electron chi connectivity index (χ1n) is 4.84. The van der Waals surface area contributed by atoms with E-state index in [9.17, 15) is 9.59 Å². The van der Waals surface area contributed by atoms with E-state index in [-0.39, 0.29) is 17.9 Å². The van der Waals surface area contributed by atoms with Gasteiger partial charge in [-0.2, -0.15) is 0 Å². The smallest absolute Gasteiger partial charge is 0.243 e. The summed E-state index contributed by atoms with van der Waals surface area (Å²) >= 11 is 0. The Hall–Kier alpha value is -1.62. The Balaban J connectivity index is 1.85. The van der Waals surface area contributed by atoms with Gasteiger partial charge in [-0.1, -0.05) is 0 Å². The third-order valence-corrected chi connectivity index (χ3v) is 2.37. The van der Waals surface area contributed by atoms with Crippen molar-refractivity contribution in [3.63, 3.8) is 0 Å². The van der Waals surface area contributed by atoms with E-state index in [0.717, 1.165) is 5.56 Å². The van der Waals surface area contributed by atoms with Crippen LogP contribution in [0.5, 0.6) is 0 Å². The van der Waals surface area contributed by atoms with Crippen molar-refractivity contribution in [3.05, 3.63) is 24.2 Å². The van der Waals surface area contributed by atoms with Gasteiger partial charge < -0.3 is 9.73 Å². The number of imide groups is 1. The second kappa shape index (κ2) is 4.27. The predicted octanol–water partition coefficient (Wildman–Crippen LogP) is 0.174. The molecule has 2 N–H and O–H groups in total. The van der Waals surface area contributed by atoms with Crippen LogP contribution in [0, 0.1) is 0 Å². The summed E-state index contributed by atoms with van der Waals surface area (Å²) in [5, 5.41) is 5.37. The van der Waals surface area contributed by atoms with Gasteiger partial charge in [0, 0.05) is 18.5 Å². The number of amides is 2. The van der Waals surface area contributed by atoms with Crippen LogP contribution in [-0.4, -0.2) is 17.9 Å². The summed E-state index contributed by atoms with van der Waals surface area (Å²) in [6, 6.07) is 1.55. The Bertz CT molecular complexity index is 359. The molecular weight excluding hydrogens is 196 g/mol. The summed E-state index contributed by atoms with van der Waals surface area (Å²) < 4.78 is 4.90. The summed E-state index contributed by atoms with van der Waals surface area (Å²) in [6.07, 6.45) is 4.16. The highest BCUT2D eigenvalue weighted by Crippen LogP contribution is 2.06. The van der Waals surface area contributed by atoms with Crippen LogP contribution in [0.2, 0.25) is 0 Å². The Kier molecular flexibility index (Phi) is 2.82. The molecule has 1 saturated heterocycles. The molecule has 1 fully saturated rings. The standard InChI is InChI=1S/C10H12N2O3/c13-9-2-1-8(10(14)12-9)11-5-7-3-4-15-6-7/h3-4,6,8,11H,1-2,5H2,(H,12,13,14). The highest BCUT2D eigenvalue weighted by molar-refractivity contribution is 6.00. The molecule has 0 radical (unpaired) electrons. The predicted molar refractivity (Wildman–Crippen MR) is 51.7 cm³/mol. The van der Waals surface area contributed by atoms with Gasteiger partial charge in [-0.25, -0.2) is 0 Å². The van der Waals surface area contributed by atoms with E-state index >= 15 is 0 Å². The van der Waals surface area contributed by atoms with Gasteiger partial charge in [0.25, 0.3) is 0 Å². The largest absolute Gasteiger partial charge is 0.472 e. The average molecular weight is 208 g/mol. The van der Waals surface area contributed by atoms with Crippen LogP contribution in [0.25, 0.3) is 0 Å². The van der Waals surface area contributed by atoms with Crippen LogP contribution in [0.3, 0.4) is 0 Å². The molecule has 15 heavy (non-hydrogen) atoms. The molecule has 0 spiro atoms. The molecule has 5 nitrogen and oxygen atoms in total. The van der Waals surface area contributed by atoms with E-state index in [0.29, 0.717) is 19.4 Å². The number of furan rings is 1. The van der Waals surface area contributed by atoms with E-state index in [2.05, 4.69) is 10.6 Å². The molecule has 1 unspecified atom stereocenters. The topological polar surface area (TPSA) is 71.3 Å². The molecule has 2 amide bonds. The fraction of sp³-hybridized carbons (Fsp3) is 0.400. The maximum atomic E-state index is 11.3. The molecule has 0 bridgehead atoms. The van der Waals surface area contributed by atoms with Gasteiger partial charge >= 0.3 is 0 Å². The Labute approximate surface area is 86.8 Å². The van der Waals surface area contributed by atoms with Crippen LogP contribution >= 0.6 is 0 Å². The first-order valence-corrected chi connectivity index (χ1v) is 4.84. The highest BCUT2D eigenvalue weighted by Gasteiger charge is 2.25. The van der Waals surface area contributed by atoms with E-state index in [1.165, 1.54) is 0 Å². The second-order valence-corrected chi connectivity index (χ2v) is 3.52. The van der Waals surface area contributed by atoms with Crippen molar-refractivity contribution >= 4 is 11.8 Å². The van der Waals surface area contributed by atoms with E-state index in [1.54, 1.807) is 12.5 Å². The summed E-state index contributed by atoms with van der Waals surface area (Å²) in [6.45, 7) is 0.572. The van der Waals surface area contributed by atoms with Crippen LogP contribution in [-0.2, 0) is 16.1 Å². The van der Waals surface area contributed by atoms with Gasteiger partial charge in [0.05, 0.1) is 18.6 Å². The minimum Gasteiger partial charge on any atom is -0.472 e. The number of carbonyl (C=O) groups is 2. The van der Waals surface area contributed by atoms with Gasteiger partial charge in [-0.05, 0) is 12.5 Å². The third-order valence-electron chi connectivity index (χ3n) is 2.37. The molecule has 1 aromatic rings. The normalized spacial score (nSPS) is 21.5. The molecule has 1 aliphatic rings. The van der Waals surface area contributed by atoms with Crippen LogP contribution in [0.1, 0.15) is 18.4 Å². The van der Waals surface area contributed by atoms with Gasteiger partial charge in [0.2, 0.25) is 11.8 Å². The molecule has 5 heteroatoms. The third kappa shape index (κ3) is 2.44. The quantitative estimate of drug-likeness (QED) is 0.695. The van der Waals surface area contributed by atoms with Crippen molar-refractivity contribution < 1.29 is 14.0 Å². The SMILES string of the molecule is O=C1CCC(NCc2ccoc2)C(=O)N1. The zero-order chi connectivity index (χ0) is 10.7. The summed E-state index contributed by atoms with van der Waals surface area (Å²) in [7, 11) is 0. The minimum absolute atomic E-state index is 0.193. The molecule has 80 valence electrons. The van der Waals surface area contributed by atoms with Gasteiger partial charge in [0.1, 0.15) is 0 Å². The van der Waals surface area contributed by atoms with Crippen LogP contribution in [0.4, 0.5) is 0 Å². The van der Waals surface area contributed by atoms with Crippen LogP contribution < -0.4 is 10.6 Å². The second-order valence-electron chi connectivity index (χ2n) is 3.52. The lowest BCUT2D eigenvalue weighted by atomic mass is 10.1. The number of carbonyl (C=O) groups excluding carboxylic acids is 2. The maximum absolute atomic E-state index is 11.3. The molecule has 2 heterocycles. The number of hydrogen-bond acceptors (Lipinski definition) is 4. The zero-order valence-corrected chi connectivity index (χ0v) is 8.16. The molecule has 2 rings (SSSR count). The van der Waals surface area contributed by atoms with Crippen LogP contribution in [0.15, 0.2) is 23.0 Å². The highest BCUT2D eigenvalue weighted by atomic mass is 16.3. The number of piperidine rings is 1. The van der Waals surface area contributed by atoms with Crippen molar-refractivity contribution in [1.29, 1.82) is 0 Å². The number of hydrogen-bond donors (Lipinski definition) is 2. The van der Waals surface area contributed by atoms with Crippen molar-refractivity contribution in [1.82, 2.24) is 10.6 Å². The van der Waals surface area contributed by atoms with E-state index in [1.807, 2.05) is 6.07 Å². The zero-order valence-electron chi connectivity index (χ0n) is 8.16. The molecule has 1 atom stereocenters. The maximum Gasteiger partial charge on any atom is 0.243 e. The number of rotatable bonds is 3. The number of nitrogens with one attached hydrogen (secondary N) is 2. The van der Waals surface area contributed by atoms with Crippen molar-refractivity contribution in [2.75, 3.05) is 0 Å². The lowest BCUT2D eigenvalue weighted by Gasteiger charge is -2.21. The van der Waals surface area contributed by atoms with Gasteiger partial charge in [-0.3, -0.25) is 14.9 Å². The Morgan fingerprint density at radius 2 is 2.40 bits per heavy atom. The fourth-order valence-corrected chi connectivity index (χ4v) is 1.52. The first kappa shape index (κ1) is 9.92. The van der Waals surface area contributed by atoms with Gasteiger partial charge in [-0.15, -0.1) is 0 Å². The first-order chi connectivity index (χ1) is 7.25. The van der Waals surface area contributed by atoms with Gasteiger partial charge in [0.15, 0.2) is 0 Å². The average Bonchev–Trinajstić information content (AvgIpc) is 2.69. The molecular formula is C10H12N2O3. The molecule has 0 aliphatic carbocycles. The lowest BCUT2D eigenvalue weighted by molar-refractivity contribution is -0.134. The molecule has 1 aliphatic heterocycles. The lowest BCUT2D eigenvalue weighted by Crippen LogP contribution is -2.50. The van der Waals surface area contributed by atoms with E-state index < -0.39 is 0 Å². The Morgan fingerprint density at radius 3 is 3.07 bits per heavy atom. The molecule has 0 aromatic carbocycles. The molecule has 1 aromatic heterocycles. The van der Waals surface area contributed by atoms with Crippen molar-refractivity contribution in [3.8, 4) is 0 Å². The van der Waals surface area contributed by atoms with E-state index in [4.69, 9.17) is 4.42 Å².